The third-order valence-electron chi connectivity index (χ3n) is 2.35. The summed E-state index contributed by atoms with van der Waals surface area (Å²) in [7, 11) is -3.48. The molecule has 1 heterocycles. The van der Waals surface area contributed by atoms with Gasteiger partial charge in [-0.05, 0) is 13.3 Å². The molecule has 1 rings (SSSR count). The lowest BCUT2D eigenvalue weighted by atomic mass is 10.3. The van der Waals surface area contributed by atoms with E-state index in [0.29, 0.717) is 18.1 Å². The van der Waals surface area contributed by atoms with E-state index in [4.69, 9.17) is 5.73 Å². The van der Waals surface area contributed by atoms with Crippen LogP contribution < -0.4 is 16.4 Å². The van der Waals surface area contributed by atoms with Crippen LogP contribution in [0.1, 0.15) is 29.9 Å². The predicted octanol–water partition coefficient (Wildman–Crippen LogP) is 1.31. The maximum Gasteiger partial charge on any atom is 0.263 e. The summed E-state index contributed by atoms with van der Waals surface area (Å²) in [6.45, 7) is 4.84. The number of sulfone groups is 1. The van der Waals surface area contributed by atoms with E-state index >= 15 is 0 Å². The molecule has 1 amide bonds. The molecule has 0 fully saturated rings. The highest BCUT2D eigenvalue weighted by molar-refractivity contribution is 7.91. The van der Waals surface area contributed by atoms with Gasteiger partial charge in [-0.1, -0.05) is 6.92 Å². The molecule has 0 saturated heterocycles. The quantitative estimate of drug-likeness (QED) is 0.735. The first-order valence-corrected chi connectivity index (χ1v) is 8.68. The van der Waals surface area contributed by atoms with Gasteiger partial charge in [0.2, 0.25) is 0 Å². The molecule has 4 N–H and O–H groups in total. The fourth-order valence-electron chi connectivity index (χ4n) is 1.56. The molecule has 0 aliphatic carbocycles. The summed E-state index contributed by atoms with van der Waals surface area (Å²) >= 11 is 1.07. The van der Waals surface area contributed by atoms with Gasteiger partial charge < -0.3 is 16.4 Å². The minimum Gasteiger partial charge on any atom is -0.396 e. The SMILES string of the molecule is CCCNc1sc(C(=O)NCC)c(N)c1S(C)(=O)=O. The first kappa shape index (κ1) is 15.8. The van der Waals surface area contributed by atoms with Gasteiger partial charge in [0.1, 0.15) is 14.8 Å². The van der Waals surface area contributed by atoms with Crippen LogP contribution in [0, 0.1) is 0 Å². The summed E-state index contributed by atoms with van der Waals surface area (Å²) in [4.78, 5) is 12.1. The van der Waals surface area contributed by atoms with Gasteiger partial charge in [0.25, 0.3) is 5.91 Å². The lowest BCUT2D eigenvalue weighted by molar-refractivity contribution is 0.0960. The van der Waals surface area contributed by atoms with E-state index in [9.17, 15) is 13.2 Å². The smallest absolute Gasteiger partial charge is 0.263 e. The van der Waals surface area contributed by atoms with Gasteiger partial charge in [0.15, 0.2) is 9.84 Å². The van der Waals surface area contributed by atoms with Crippen molar-refractivity contribution in [1.82, 2.24) is 5.32 Å². The van der Waals surface area contributed by atoms with Crippen molar-refractivity contribution in [2.24, 2.45) is 0 Å². The van der Waals surface area contributed by atoms with Gasteiger partial charge >= 0.3 is 0 Å². The van der Waals surface area contributed by atoms with Crippen molar-refractivity contribution in [2.45, 2.75) is 25.2 Å². The van der Waals surface area contributed by atoms with Crippen LogP contribution in [0.25, 0.3) is 0 Å². The Morgan fingerprint density at radius 1 is 1.37 bits per heavy atom. The van der Waals surface area contributed by atoms with E-state index in [2.05, 4.69) is 10.6 Å². The fourth-order valence-corrected chi connectivity index (χ4v) is 4.07. The summed E-state index contributed by atoms with van der Waals surface area (Å²) in [5.74, 6) is -0.348. The molecule has 0 aliphatic heterocycles. The number of rotatable bonds is 6. The zero-order valence-corrected chi connectivity index (χ0v) is 12.9. The number of nitrogens with one attached hydrogen (secondary N) is 2. The maximum atomic E-state index is 11.8. The number of nitrogens with two attached hydrogens (primary N) is 1. The van der Waals surface area contributed by atoms with Crippen molar-refractivity contribution in [3.05, 3.63) is 4.88 Å². The summed E-state index contributed by atoms with van der Waals surface area (Å²) in [5, 5.41) is 6.06. The van der Waals surface area contributed by atoms with Crippen molar-refractivity contribution in [3.8, 4) is 0 Å². The van der Waals surface area contributed by atoms with Crippen LogP contribution in [0.2, 0.25) is 0 Å². The molecule has 0 unspecified atom stereocenters. The summed E-state index contributed by atoms with van der Waals surface area (Å²) in [6, 6.07) is 0. The topological polar surface area (TPSA) is 101 Å². The van der Waals surface area contributed by atoms with Crippen LogP contribution in [-0.2, 0) is 9.84 Å². The number of hydrogen-bond donors (Lipinski definition) is 3. The molecule has 6 nitrogen and oxygen atoms in total. The highest BCUT2D eigenvalue weighted by Crippen LogP contribution is 2.39. The molecule has 19 heavy (non-hydrogen) atoms. The second-order valence-corrected chi connectivity index (χ2v) is 7.03. The third kappa shape index (κ3) is 3.60. The van der Waals surface area contributed by atoms with Crippen LogP contribution >= 0.6 is 11.3 Å². The third-order valence-corrected chi connectivity index (χ3v) is 4.81. The summed E-state index contributed by atoms with van der Waals surface area (Å²) < 4.78 is 23.6. The fraction of sp³-hybridized carbons (Fsp3) is 0.545. The largest absolute Gasteiger partial charge is 0.396 e. The Balaban J connectivity index is 3.30. The van der Waals surface area contributed by atoms with Crippen LogP contribution in [0.15, 0.2) is 4.90 Å². The van der Waals surface area contributed by atoms with E-state index in [1.807, 2.05) is 6.92 Å². The Morgan fingerprint density at radius 2 is 2.00 bits per heavy atom. The standard InChI is InChI=1S/C11H19N3O3S2/c1-4-6-14-11-9(19(3,16)17)7(12)8(18-11)10(15)13-5-2/h14H,4-6,12H2,1-3H3,(H,13,15). The maximum absolute atomic E-state index is 11.8. The highest BCUT2D eigenvalue weighted by Gasteiger charge is 2.26. The number of hydrogen-bond acceptors (Lipinski definition) is 6. The number of anilines is 2. The summed E-state index contributed by atoms with van der Waals surface area (Å²) in [6.07, 6.45) is 1.93. The molecule has 0 bridgehead atoms. The molecule has 0 spiro atoms. The first-order chi connectivity index (χ1) is 8.82. The zero-order valence-electron chi connectivity index (χ0n) is 11.2. The predicted molar refractivity (Wildman–Crippen MR) is 78.6 cm³/mol. The van der Waals surface area contributed by atoms with Crippen LogP contribution in [-0.4, -0.2) is 33.7 Å². The molecule has 108 valence electrons. The van der Waals surface area contributed by atoms with Gasteiger partial charge in [-0.15, -0.1) is 11.3 Å². The Hall–Kier alpha value is -1.28. The van der Waals surface area contributed by atoms with E-state index < -0.39 is 9.84 Å². The van der Waals surface area contributed by atoms with Crippen molar-refractivity contribution >= 4 is 37.8 Å². The minimum atomic E-state index is -3.48. The second-order valence-electron chi connectivity index (χ2n) is 4.06. The second kappa shape index (κ2) is 6.25. The minimum absolute atomic E-state index is 0.0206. The molecule has 1 aromatic heterocycles. The van der Waals surface area contributed by atoms with E-state index in [-0.39, 0.29) is 21.4 Å². The molecule has 0 radical (unpaired) electrons. The zero-order chi connectivity index (χ0) is 14.6. The number of amides is 1. The van der Waals surface area contributed by atoms with E-state index in [1.54, 1.807) is 6.92 Å². The highest BCUT2D eigenvalue weighted by atomic mass is 32.2. The average Bonchev–Trinajstić information content (AvgIpc) is 2.63. The van der Waals surface area contributed by atoms with Gasteiger partial charge in [0.05, 0.1) is 5.69 Å². The molecule has 0 saturated carbocycles. The monoisotopic (exact) mass is 305 g/mol. The van der Waals surface area contributed by atoms with Gasteiger partial charge in [-0.2, -0.15) is 0 Å². The average molecular weight is 305 g/mol. The number of carbonyl (C=O) groups excluding carboxylic acids is 1. The Bertz CT molecular complexity index is 564. The van der Waals surface area contributed by atoms with Crippen LogP contribution in [0.4, 0.5) is 10.7 Å². The molecule has 8 heteroatoms. The molecule has 0 atom stereocenters. The van der Waals surface area contributed by atoms with Crippen molar-refractivity contribution in [3.63, 3.8) is 0 Å². The van der Waals surface area contributed by atoms with Crippen LogP contribution in [0.3, 0.4) is 0 Å². The van der Waals surface area contributed by atoms with Gasteiger partial charge in [0, 0.05) is 19.3 Å². The number of thiophene rings is 1. The van der Waals surface area contributed by atoms with Gasteiger partial charge in [-0.25, -0.2) is 8.42 Å². The van der Waals surface area contributed by atoms with E-state index in [0.717, 1.165) is 24.0 Å². The van der Waals surface area contributed by atoms with Crippen molar-refractivity contribution in [1.29, 1.82) is 0 Å². The Kier molecular flexibility index (Phi) is 5.19. The van der Waals surface area contributed by atoms with Crippen molar-refractivity contribution < 1.29 is 13.2 Å². The number of nitrogen functional groups attached to an aromatic ring is 1. The lowest BCUT2D eigenvalue weighted by Gasteiger charge is -2.04. The summed E-state index contributed by atoms with van der Waals surface area (Å²) in [5.41, 5.74) is 5.85. The van der Waals surface area contributed by atoms with Crippen molar-refractivity contribution in [2.75, 3.05) is 30.4 Å². The molecular weight excluding hydrogens is 286 g/mol. The normalized spacial score (nSPS) is 11.3. The molecular formula is C11H19N3O3S2. The molecule has 1 aromatic rings. The lowest BCUT2D eigenvalue weighted by Crippen LogP contribution is -2.22. The van der Waals surface area contributed by atoms with Crippen LogP contribution in [0.5, 0.6) is 0 Å². The van der Waals surface area contributed by atoms with Gasteiger partial charge in [-0.3, -0.25) is 4.79 Å². The first-order valence-electron chi connectivity index (χ1n) is 5.97. The molecule has 0 aromatic carbocycles. The molecule has 0 aliphatic rings. The number of carbonyl (C=O) groups is 1. The van der Waals surface area contributed by atoms with E-state index in [1.165, 1.54) is 0 Å². The Labute approximate surface area is 117 Å². The Morgan fingerprint density at radius 3 is 2.47 bits per heavy atom.